The molecule has 0 N–H and O–H groups in total. The van der Waals surface area contributed by atoms with Gasteiger partial charge in [-0.25, -0.2) is 4.39 Å². The molecular formula is C26H30FN. The highest BCUT2D eigenvalue weighted by Gasteiger charge is 2.32. The van der Waals surface area contributed by atoms with Crippen molar-refractivity contribution < 1.29 is 4.39 Å². The lowest BCUT2D eigenvalue weighted by Gasteiger charge is -2.41. The van der Waals surface area contributed by atoms with E-state index < -0.39 is 0 Å². The van der Waals surface area contributed by atoms with E-state index in [0.29, 0.717) is 0 Å². The summed E-state index contributed by atoms with van der Waals surface area (Å²) in [5, 5.41) is 0. The molecule has 0 radical (unpaired) electrons. The standard InChI is InChI=1S/C26H30FN/c1-19-10-11-20(2)24(16-19)25-18-28(5)26(3,4)17-22(25)9-7-6-8-21-12-14-23(27)15-13-21/h10-16H,6,8,17-18H2,1-5H3. The Kier molecular flexibility index (Phi) is 6.06. The molecule has 2 heteroatoms. The molecule has 1 heterocycles. The van der Waals surface area contributed by atoms with Crippen LogP contribution >= 0.6 is 0 Å². The summed E-state index contributed by atoms with van der Waals surface area (Å²) in [5.74, 6) is 6.70. The second-order valence-corrected chi connectivity index (χ2v) is 8.55. The molecule has 0 aliphatic carbocycles. The van der Waals surface area contributed by atoms with Crippen LogP contribution in [0.25, 0.3) is 5.57 Å². The van der Waals surface area contributed by atoms with Gasteiger partial charge in [0.2, 0.25) is 0 Å². The van der Waals surface area contributed by atoms with Crippen molar-refractivity contribution in [2.75, 3.05) is 13.6 Å². The summed E-state index contributed by atoms with van der Waals surface area (Å²) in [6.07, 6.45) is 2.59. The van der Waals surface area contributed by atoms with E-state index in [1.54, 1.807) is 0 Å². The normalized spacial score (nSPS) is 16.6. The van der Waals surface area contributed by atoms with Gasteiger partial charge in [-0.3, -0.25) is 4.90 Å². The van der Waals surface area contributed by atoms with Crippen molar-refractivity contribution in [3.8, 4) is 11.8 Å². The largest absolute Gasteiger partial charge is 0.297 e. The summed E-state index contributed by atoms with van der Waals surface area (Å²) in [6.45, 7) is 9.81. The zero-order valence-corrected chi connectivity index (χ0v) is 17.7. The Morgan fingerprint density at radius 1 is 1.07 bits per heavy atom. The monoisotopic (exact) mass is 375 g/mol. The van der Waals surface area contributed by atoms with Crippen LogP contribution in [0.2, 0.25) is 0 Å². The lowest BCUT2D eigenvalue weighted by atomic mass is 9.82. The fourth-order valence-corrected chi connectivity index (χ4v) is 3.68. The molecule has 1 aliphatic heterocycles. The second-order valence-electron chi connectivity index (χ2n) is 8.55. The van der Waals surface area contributed by atoms with Crippen molar-refractivity contribution in [2.24, 2.45) is 0 Å². The van der Waals surface area contributed by atoms with Crippen LogP contribution in [0, 0.1) is 31.5 Å². The zero-order chi connectivity index (χ0) is 20.3. The molecule has 0 spiro atoms. The Balaban J connectivity index is 1.89. The van der Waals surface area contributed by atoms with E-state index in [4.69, 9.17) is 0 Å². The quantitative estimate of drug-likeness (QED) is 0.600. The van der Waals surface area contributed by atoms with Crippen molar-refractivity contribution in [2.45, 2.75) is 52.5 Å². The molecule has 1 aliphatic rings. The molecule has 28 heavy (non-hydrogen) atoms. The van der Waals surface area contributed by atoms with Gasteiger partial charge in [0, 0.05) is 24.1 Å². The van der Waals surface area contributed by atoms with Crippen LogP contribution in [0.15, 0.2) is 48.0 Å². The van der Waals surface area contributed by atoms with Gasteiger partial charge in [-0.2, -0.15) is 0 Å². The van der Waals surface area contributed by atoms with Gasteiger partial charge in [-0.05, 0) is 82.0 Å². The van der Waals surface area contributed by atoms with Crippen molar-refractivity contribution >= 4 is 5.57 Å². The van der Waals surface area contributed by atoms with Gasteiger partial charge < -0.3 is 0 Å². The summed E-state index contributed by atoms with van der Waals surface area (Å²) in [7, 11) is 2.20. The van der Waals surface area contributed by atoms with E-state index in [1.165, 1.54) is 40.0 Å². The lowest BCUT2D eigenvalue weighted by Crippen LogP contribution is -2.45. The van der Waals surface area contributed by atoms with Gasteiger partial charge in [0.15, 0.2) is 0 Å². The van der Waals surface area contributed by atoms with E-state index in [1.807, 2.05) is 12.1 Å². The van der Waals surface area contributed by atoms with Crippen LogP contribution in [0.1, 0.15) is 48.9 Å². The third-order valence-corrected chi connectivity index (χ3v) is 5.81. The topological polar surface area (TPSA) is 3.24 Å². The molecule has 1 nitrogen and oxygen atoms in total. The fraction of sp³-hybridized carbons (Fsp3) is 0.385. The first-order chi connectivity index (χ1) is 13.3. The highest BCUT2D eigenvalue weighted by atomic mass is 19.1. The SMILES string of the molecule is Cc1ccc(C)c(C2=C(C#CCCc3ccc(F)cc3)CC(C)(C)N(C)C2)c1. The van der Waals surface area contributed by atoms with Crippen LogP contribution < -0.4 is 0 Å². The van der Waals surface area contributed by atoms with Crippen molar-refractivity contribution in [1.82, 2.24) is 4.90 Å². The molecule has 0 saturated heterocycles. The average molecular weight is 376 g/mol. The van der Waals surface area contributed by atoms with Crippen molar-refractivity contribution in [3.63, 3.8) is 0 Å². The van der Waals surface area contributed by atoms with Crippen LogP contribution in [-0.2, 0) is 6.42 Å². The number of nitrogens with zero attached hydrogens (tertiary/aromatic N) is 1. The number of likely N-dealkylation sites (N-methyl/N-ethyl adjacent to an activating group) is 1. The van der Waals surface area contributed by atoms with E-state index in [2.05, 4.69) is 69.7 Å². The number of hydrogen-bond donors (Lipinski definition) is 0. The minimum absolute atomic E-state index is 0.0994. The molecule has 0 bridgehead atoms. The van der Waals surface area contributed by atoms with Gasteiger partial charge >= 0.3 is 0 Å². The summed E-state index contributed by atoms with van der Waals surface area (Å²) in [5.41, 5.74) is 7.76. The predicted octanol–water partition coefficient (Wildman–Crippen LogP) is 5.95. The van der Waals surface area contributed by atoms with Gasteiger partial charge in [0.05, 0.1) is 0 Å². The summed E-state index contributed by atoms with van der Waals surface area (Å²) >= 11 is 0. The Morgan fingerprint density at radius 2 is 1.79 bits per heavy atom. The number of aryl methyl sites for hydroxylation is 3. The average Bonchev–Trinajstić information content (AvgIpc) is 2.65. The third-order valence-electron chi connectivity index (χ3n) is 5.81. The highest BCUT2D eigenvalue weighted by molar-refractivity contribution is 5.77. The minimum atomic E-state index is -0.188. The maximum Gasteiger partial charge on any atom is 0.123 e. The van der Waals surface area contributed by atoms with Crippen LogP contribution in [-0.4, -0.2) is 24.0 Å². The van der Waals surface area contributed by atoms with Crippen molar-refractivity contribution in [1.29, 1.82) is 0 Å². The molecule has 0 unspecified atom stereocenters. The molecule has 0 aromatic heterocycles. The summed E-state index contributed by atoms with van der Waals surface area (Å²) in [6, 6.07) is 13.4. The van der Waals surface area contributed by atoms with Gasteiger partial charge in [-0.1, -0.05) is 47.7 Å². The van der Waals surface area contributed by atoms with Gasteiger partial charge in [0.1, 0.15) is 5.82 Å². The van der Waals surface area contributed by atoms with E-state index in [9.17, 15) is 4.39 Å². The number of rotatable bonds is 3. The molecule has 3 rings (SSSR count). The molecule has 0 fully saturated rings. The van der Waals surface area contributed by atoms with E-state index in [0.717, 1.165) is 31.4 Å². The lowest BCUT2D eigenvalue weighted by molar-refractivity contribution is 0.168. The Bertz CT molecular complexity index is 939. The summed E-state index contributed by atoms with van der Waals surface area (Å²) < 4.78 is 13.0. The molecule has 0 amide bonds. The Hall–Kier alpha value is -2.37. The van der Waals surface area contributed by atoms with Crippen LogP contribution in [0.3, 0.4) is 0 Å². The highest BCUT2D eigenvalue weighted by Crippen LogP contribution is 2.36. The number of hydrogen-bond acceptors (Lipinski definition) is 1. The maximum atomic E-state index is 13.0. The molecule has 146 valence electrons. The molecular weight excluding hydrogens is 345 g/mol. The molecule has 0 atom stereocenters. The molecule has 0 saturated carbocycles. The zero-order valence-electron chi connectivity index (χ0n) is 17.7. The number of benzene rings is 2. The molecule has 2 aromatic carbocycles. The smallest absolute Gasteiger partial charge is 0.123 e. The predicted molar refractivity (Wildman–Crippen MR) is 117 cm³/mol. The van der Waals surface area contributed by atoms with Crippen LogP contribution in [0.4, 0.5) is 4.39 Å². The first-order valence-electron chi connectivity index (χ1n) is 10.0. The first kappa shape index (κ1) is 20.4. The van der Waals surface area contributed by atoms with Crippen molar-refractivity contribution in [3.05, 3.63) is 76.1 Å². The van der Waals surface area contributed by atoms with E-state index >= 15 is 0 Å². The second kappa shape index (κ2) is 8.33. The van der Waals surface area contributed by atoms with Gasteiger partial charge in [0.25, 0.3) is 0 Å². The fourth-order valence-electron chi connectivity index (χ4n) is 3.68. The summed E-state index contributed by atoms with van der Waals surface area (Å²) in [4.78, 5) is 2.42. The maximum absolute atomic E-state index is 13.0. The minimum Gasteiger partial charge on any atom is -0.297 e. The third kappa shape index (κ3) is 4.72. The Morgan fingerprint density at radius 3 is 2.50 bits per heavy atom. The van der Waals surface area contributed by atoms with Crippen LogP contribution in [0.5, 0.6) is 0 Å². The van der Waals surface area contributed by atoms with E-state index in [-0.39, 0.29) is 11.4 Å². The Labute approximate surface area is 169 Å². The first-order valence-corrected chi connectivity index (χ1v) is 10.0. The molecule has 2 aromatic rings. The van der Waals surface area contributed by atoms with Gasteiger partial charge in [-0.15, -0.1) is 0 Å². The number of halogens is 1.